The molecule has 2 atom stereocenters. The van der Waals surface area contributed by atoms with Gasteiger partial charge < -0.3 is 11.1 Å². The molecule has 1 aliphatic carbocycles. The molecule has 5 nitrogen and oxygen atoms in total. The maximum atomic E-state index is 12.0. The molecule has 88 valence electrons. The van der Waals surface area contributed by atoms with Gasteiger partial charge in [0.15, 0.2) is 0 Å². The first-order valence-corrected chi connectivity index (χ1v) is 5.64. The van der Waals surface area contributed by atoms with Crippen molar-refractivity contribution in [2.75, 3.05) is 0 Å². The van der Waals surface area contributed by atoms with E-state index in [0.29, 0.717) is 5.56 Å². The van der Waals surface area contributed by atoms with Crippen LogP contribution in [0.25, 0.3) is 0 Å². The predicted octanol–water partition coefficient (Wildman–Crippen LogP) is 0.338. The van der Waals surface area contributed by atoms with Gasteiger partial charge in [-0.05, 0) is 26.2 Å². The molecule has 0 aliphatic heterocycles. The fraction of sp³-hybridized carbons (Fsp3) is 0.636. The second-order valence-electron chi connectivity index (χ2n) is 4.48. The van der Waals surface area contributed by atoms with E-state index in [1.807, 2.05) is 14.0 Å². The van der Waals surface area contributed by atoms with Gasteiger partial charge >= 0.3 is 0 Å². The summed E-state index contributed by atoms with van der Waals surface area (Å²) >= 11 is 0. The van der Waals surface area contributed by atoms with E-state index in [0.717, 1.165) is 25.0 Å². The molecule has 0 saturated heterocycles. The lowest BCUT2D eigenvalue weighted by Crippen LogP contribution is -2.44. The Hall–Kier alpha value is -1.36. The van der Waals surface area contributed by atoms with Crippen LogP contribution in [0.3, 0.4) is 0 Å². The highest BCUT2D eigenvalue weighted by molar-refractivity contribution is 5.95. The van der Waals surface area contributed by atoms with Crippen LogP contribution in [0.1, 0.15) is 35.3 Å². The molecule has 1 aliphatic rings. The standard InChI is InChI=1S/C11H18N4O/c1-7-8(6-15(2)14-7)11(16)13-10-5-3-4-9(10)12/h6,9-10H,3-5,12H2,1-2H3,(H,13,16). The quantitative estimate of drug-likeness (QED) is 0.757. The Morgan fingerprint density at radius 1 is 1.62 bits per heavy atom. The molecule has 0 bridgehead atoms. The Kier molecular flexibility index (Phi) is 2.96. The molecule has 1 amide bonds. The SMILES string of the molecule is Cc1nn(C)cc1C(=O)NC1CCCC1N. The molecule has 1 fully saturated rings. The highest BCUT2D eigenvalue weighted by Gasteiger charge is 2.26. The Morgan fingerprint density at radius 3 is 2.88 bits per heavy atom. The zero-order valence-electron chi connectivity index (χ0n) is 9.73. The van der Waals surface area contributed by atoms with Crippen molar-refractivity contribution in [3.8, 4) is 0 Å². The number of aromatic nitrogens is 2. The van der Waals surface area contributed by atoms with Gasteiger partial charge in [0.05, 0.1) is 11.3 Å². The van der Waals surface area contributed by atoms with Crippen LogP contribution in [0.15, 0.2) is 6.20 Å². The molecule has 16 heavy (non-hydrogen) atoms. The molecule has 2 unspecified atom stereocenters. The van der Waals surface area contributed by atoms with Crippen LogP contribution in [-0.2, 0) is 7.05 Å². The Balaban J connectivity index is 2.05. The topological polar surface area (TPSA) is 72.9 Å². The van der Waals surface area contributed by atoms with Crippen LogP contribution in [-0.4, -0.2) is 27.8 Å². The molecule has 1 saturated carbocycles. The summed E-state index contributed by atoms with van der Waals surface area (Å²) in [5, 5.41) is 7.13. The van der Waals surface area contributed by atoms with Crippen molar-refractivity contribution in [3.05, 3.63) is 17.5 Å². The third-order valence-electron chi connectivity index (χ3n) is 3.14. The number of rotatable bonds is 2. The van der Waals surface area contributed by atoms with Crippen molar-refractivity contribution in [1.29, 1.82) is 0 Å². The first kappa shape index (κ1) is 11.1. The van der Waals surface area contributed by atoms with Gasteiger partial charge in [-0.15, -0.1) is 0 Å². The normalized spacial score (nSPS) is 24.7. The van der Waals surface area contributed by atoms with Crippen molar-refractivity contribution >= 4 is 5.91 Å². The van der Waals surface area contributed by atoms with Crippen molar-refractivity contribution in [2.45, 2.75) is 38.3 Å². The lowest BCUT2D eigenvalue weighted by Gasteiger charge is -2.16. The van der Waals surface area contributed by atoms with E-state index in [9.17, 15) is 4.79 Å². The maximum Gasteiger partial charge on any atom is 0.255 e. The molecule has 2 rings (SSSR count). The minimum atomic E-state index is -0.0621. The fourth-order valence-corrected chi connectivity index (χ4v) is 2.24. The molecule has 1 aromatic rings. The highest BCUT2D eigenvalue weighted by atomic mass is 16.1. The first-order chi connectivity index (χ1) is 7.58. The van der Waals surface area contributed by atoms with E-state index < -0.39 is 0 Å². The van der Waals surface area contributed by atoms with Crippen molar-refractivity contribution in [3.63, 3.8) is 0 Å². The summed E-state index contributed by atoms with van der Waals surface area (Å²) in [6, 6.07) is 0.216. The zero-order valence-corrected chi connectivity index (χ0v) is 9.73. The Bertz CT molecular complexity index is 399. The number of aryl methyl sites for hydroxylation is 2. The smallest absolute Gasteiger partial charge is 0.255 e. The van der Waals surface area contributed by atoms with Crippen LogP contribution in [0.5, 0.6) is 0 Å². The number of hydrogen-bond acceptors (Lipinski definition) is 3. The number of amides is 1. The molecule has 1 aromatic heterocycles. The van der Waals surface area contributed by atoms with E-state index >= 15 is 0 Å². The molecule has 0 radical (unpaired) electrons. The Morgan fingerprint density at radius 2 is 2.38 bits per heavy atom. The molecule has 5 heteroatoms. The maximum absolute atomic E-state index is 12.0. The van der Waals surface area contributed by atoms with E-state index in [1.54, 1.807) is 10.9 Å². The van der Waals surface area contributed by atoms with Gasteiger partial charge in [0, 0.05) is 25.3 Å². The first-order valence-electron chi connectivity index (χ1n) is 5.64. The summed E-state index contributed by atoms with van der Waals surface area (Å²) in [4.78, 5) is 12.0. The number of carbonyl (C=O) groups is 1. The van der Waals surface area contributed by atoms with Crippen molar-refractivity contribution < 1.29 is 4.79 Å². The molecular weight excluding hydrogens is 204 g/mol. The van der Waals surface area contributed by atoms with Crippen LogP contribution < -0.4 is 11.1 Å². The van der Waals surface area contributed by atoms with Gasteiger partial charge in [-0.3, -0.25) is 9.48 Å². The number of nitrogens with zero attached hydrogens (tertiary/aromatic N) is 2. The van der Waals surface area contributed by atoms with E-state index in [-0.39, 0.29) is 18.0 Å². The summed E-state index contributed by atoms with van der Waals surface area (Å²) in [6.07, 6.45) is 4.81. The van der Waals surface area contributed by atoms with Crippen LogP contribution in [0.2, 0.25) is 0 Å². The average Bonchev–Trinajstić information content (AvgIpc) is 2.74. The fourth-order valence-electron chi connectivity index (χ4n) is 2.24. The van der Waals surface area contributed by atoms with Gasteiger partial charge in [0.2, 0.25) is 0 Å². The predicted molar refractivity (Wildman–Crippen MR) is 61.0 cm³/mol. The molecule has 1 heterocycles. The summed E-state index contributed by atoms with van der Waals surface area (Å²) in [7, 11) is 1.81. The number of nitrogens with two attached hydrogens (primary N) is 1. The van der Waals surface area contributed by atoms with Gasteiger partial charge in [-0.1, -0.05) is 0 Å². The van der Waals surface area contributed by atoms with Gasteiger partial charge in [0.1, 0.15) is 0 Å². The minimum absolute atomic E-state index is 0.0621. The largest absolute Gasteiger partial charge is 0.348 e. The van der Waals surface area contributed by atoms with E-state index in [1.165, 1.54) is 0 Å². The molecule has 0 aromatic carbocycles. The number of hydrogen-bond donors (Lipinski definition) is 2. The van der Waals surface area contributed by atoms with Crippen molar-refractivity contribution in [2.24, 2.45) is 12.8 Å². The van der Waals surface area contributed by atoms with Crippen LogP contribution in [0, 0.1) is 6.92 Å². The summed E-state index contributed by atoms with van der Waals surface area (Å²) in [5.41, 5.74) is 7.31. The average molecular weight is 222 g/mol. The third-order valence-corrected chi connectivity index (χ3v) is 3.14. The number of carbonyl (C=O) groups excluding carboxylic acids is 1. The third kappa shape index (κ3) is 2.09. The second kappa shape index (κ2) is 4.25. The summed E-state index contributed by atoms with van der Waals surface area (Å²) in [5.74, 6) is -0.0621. The molecule has 3 N–H and O–H groups in total. The number of nitrogens with one attached hydrogen (secondary N) is 1. The molecular formula is C11H18N4O. The Labute approximate surface area is 95.0 Å². The van der Waals surface area contributed by atoms with Gasteiger partial charge in [0.25, 0.3) is 5.91 Å². The van der Waals surface area contributed by atoms with E-state index in [2.05, 4.69) is 10.4 Å². The van der Waals surface area contributed by atoms with Gasteiger partial charge in [-0.2, -0.15) is 5.10 Å². The lowest BCUT2D eigenvalue weighted by molar-refractivity contribution is 0.0934. The van der Waals surface area contributed by atoms with Crippen molar-refractivity contribution in [1.82, 2.24) is 15.1 Å². The van der Waals surface area contributed by atoms with E-state index in [4.69, 9.17) is 5.73 Å². The van der Waals surface area contributed by atoms with Gasteiger partial charge in [-0.25, -0.2) is 0 Å². The van der Waals surface area contributed by atoms with Crippen LogP contribution >= 0.6 is 0 Å². The summed E-state index contributed by atoms with van der Waals surface area (Å²) < 4.78 is 1.65. The monoisotopic (exact) mass is 222 g/mol. The lowest BCUT2D eigenvalue weighted by atomic mass is 10.1. The molecule has 0 spiro atoms. The second-order valence-corrected chi connectivity index (χ2v) is 4.48. The minimum Gasteiger partial charge on any atom is -0.348 e. The summed E-state index contributed by atoms with van der Waals surface area (Å²) in [6.45, 7) is 1.84. The van der Waals surface area contributed by atoms with Crippen LogP contribution in [0.4, 0.5) is 0 Å². The zero-order chi connectivity index (χ0) is 11.7. The highest BCUT2D eigenvalue weighted by Crippen LogP contribution is 2.17.